The highest BCUT2D eigenvalue weighted by atomic mass is 35.5. The smallest absolute Gasteiger partial charge is 0.407 e. The lowest BCUT2D eigenvalue weighted by molar-refractivity contribution is 0.122. The molecule has 0 saturated carbocycles. The summed E-state index contributed by atoms with van der Waals surface area (Å²) < 4.78 is 57.1. The number of thiophene rings is 1. The average Bonchev–Trinajstić information content (AvgIpc) is 3.25. The highest BCUT2D eigenvalue weighted by Gasteiger charge is 2.31. The number of aromatic nitrogens is 2. The van der Waals surface area contributed by atoms with Crippen LogP contribution in [0.5, 0.6) is 0 Å². The third-order valence-electron chi connectivity index (χ3n) is 4.36. The zero-order chi connectivity index (χ0) is 23.8. The van der Waals surface area contributed by atoms with Gasteiger partial charge in [-0.1, -0.05) is 32.4 Å². The number of halogens is 3. The topological polar surface area (TPSA) is 92.5 Å². The Morgan fingerprint density at radius 3 is 2.50 bits per heavy atom. The first-order valence-electron chi connectivity index (χ1n) is 9.30. The SMILES string of the molecule is CC(C)(C)CN(Cc1cn(S(=O)(=O)c2ccc(Cl)s2)c(-c2cccnc2F)c1F)C(=O)O. The number of carboxylic acid groups (broad SMARTS) is 1. The van der Waals surface area contributed by atoms with Crippen LogP contribution < -0.4 is 0 Å². The summed E-state index contributed by atoms with van der Waals surface area (Å²) in [5, 5.41) is 9.56. The van der Waals surface area contributed by atoms with Crippen molar-refractivity contribution in [2.24, 2.45) is 5.41 Å². The third kappa shape index (κ3) is 4.94. The Morgan fingerprint density at radius 2 is 1.97 bits per heavy atom. The van der Waals surface area contributed by atoms with Crippen LogP contribution in [0.1, 0.15) is 26.3 Å². The van der Waals surface area contributed by atoms with Crippen LogP contribution in [0.2, 0.25) is 4.34 Å². The van der Waals surface area contributed by atoms with Gasteiger partial charge in [-0.15, -0.1) is 11.3 Å². The molecule has 172 valence electrons. The van der Waals surface area contributed by atoms with Crippen molar-refractivity contribution < 1.29 is 27.1 Å². The molecule has 0 aliphatic rings. The van der Waals surface area contributed by atoms with Crippen LogP contribution in [-0.4, -0.2) is 40.0 Å². The summed E-state index contributed by atoms with van der Waals surface area (Å²) in [6.07, 6.45) is 0.821. The van der Waals surface area contributed by atoms with Crippen molar-refractivity contribution in [3.8, 4) is 11.3 Å². The zero-order valence-corrected chi connectivity index (χ0v) is 19.7. The van der Waals surface area contributed by atoms with Crippen LogP contribution in [0.3, 0.4) is 0 Å². The molecule has 1 amide bonds. The van der Waals surface area contributed by atoms with Crippen LogP contribution in [0.15, 0.2) is 40.9 Å². The fourth-order valence-electron chi connectivity index (χ4n) is 3.11. The molecule has 3 rings (SSSR count). The zero-order valence-electron chi connectivity index (χ0n) is 17.3. The van der Waals surface area contributed by atoms with E-state index >= 15 is 4.39 Å². The molecule has 0 unspecified atom stereocenters. The molecule has 12 heteroatoms. The first-order valence-corrected chi connectivity index (χ1v) is 11.9. The van der Waals surface area contributed by atoms with Crippen LogP contribution in [0.25, 0.3) is 11.3 Å². The van der Waals surface area contributed by atoms with Gasteiger partial charge in [-0.2, -0.15) is 12.8 Å². The molecule has 0 fully saturated rings. The number of carbonyl (C=O) groups is 1. The minimum Gasteiger partial charge on any atom is -0.465 e. The summed E-state index contributed by atoms with van der Waals surface area (Å²) in [4.78, 5) is 16.2. The number of pyridine rings is 1. The molecule has 1 N–H and O–H groups in total. The van der Waals surface area contributed by atoms with Gasteiger partial charge in [-0.05, 0) is 29.7 Å². The monoisotopic (exact) mass is 503 g/mol. The summed E-state index contributed by atoms with van der Waals surface area (Å²) in [7, 11) is -4.36. The largest absolute Gasteiger partial charge is 0.465 e. The van der Waals surface area contributed by atoms with Crippen molar-refractivity contribution in [3.05, 3.63) is 58.3 Å². The second-order valence-electron chi connectivity index (χ2n) is 8.22. The van der Waals surface area contributed by atoms with Crippen molar-refractivity contribution in [3.63, 3.8) is 0 Å². The van der Waals surface area contributed by atoms with E-state index in [1.807, 2.05) is 20.8 Å². The molecule has 0 aliphatic heterocycles. The molecule has 0 atom stereocenters. The molecular weight excluding hydrogens is 484 g/mol. The Balaban J connectivity index is 2.21. The molecule has 3 aromatic rings. The van der Waals surface area contributed by atoms with Crippen molar-refractivity contribution >= 4 is 39.1 Å². The van der Waals surface area contributed by atoms with Crippen molar-refractivity contribution in [2.75, 3.05) is 6.54 Å². The molecule has 0 bridgehead atoms. The third-order valence-corrected chi connectivity index (χ3v) is 7.71. The second kappa shape index (κ2) is 8.80. The lowest BCUT2D eigenvalue weighted by Gasteiger charge is -2.27. The van der Waals surface area contributed by atoms with Gasteiger partial charge in [0.05, 0.1) is 16.4 Å². The van der Waals surface area contributed by atoms with E-state index < -0.39 is 45.5 Å². The summed E-state index contributed by atoms with van der Waals surface area (Å²) in [5.41, 5.74) is -1.60. The fourth-order valence-corrected chi connectivity index (χ4v) is 6.08. The van der Waals surface area contributed by atoms with Gasteiger partial charge in [0.15, 0.2) is 5.82 Å². The quantitative estimate of drug-likeness (QED) is 0.460. The van der Waals surface area contributed by atoms with Crippen LogP contribution >= 0.6 is 22.9 Å². The highest BCUT2D eigenvalue weighted by Crippen LogP contribution is 2.35. The average molecular weight is 504 g/mol. The molecule has 7 nitrogen and oxygen atoms in total. The number of hydrogen-bond acceptors (Lipinski definition) is 5. The molecule has 0 spiro atoms. The summed E-state index contributed by atoms with van der Waals surface area (Å²) in [6, 6.07) is 5.17. The van der Waals surface area contributed by atoms with Crippen molar-refractivity contribution in [1.82, 2.24) is 13.9 Å². The van der Waals surface area contributed by atoms with Gasteiger partial charge in [0.1, 0.15) is 9.90 Å². The highest BCUT2D eigenvalue weighted by molar-refractivity contribution is 7.92. The molecule has 0 radical (unpaired) electrons. The van der Waals surface area contributed by atoms with E-state index in [0.29, 0.717) is 3.97 Å². The van der Waals surface area contributed by atoms with E-state index in [9.17, 15) is 22.7 Å². The van der Waals surface area contributed by atoms with E-state index in [0.717, 1.165) is 28.6 Å². The van der Waals surface area contributed by atoms with Gasteiger partial charge in [0.25, 0.3) is 10.0 Å². The molecule has 3 aromatic heterocycles. The fraction of sp³-hybridized carbons (Fsp3) is 0.300. The molecular formula is C20H20ClF2N3O4S2. The second-order valence-corrected chi connectivity index (χ2v) is 12.0. The Labute approximate surface area is 192 Å². The normalized spacial score (nSPS) is 12.2. The maximum atomic E-state index is 15.5. The van der Waals surface area contributed by atoms with Crippen molar-refractivity contribution in [2.45, 2.75) is 31.5 Å². The first kappa shape index (κ1) is 24.1. The van der Waals surface area contributed by atoms with Gasteiger partial charge in [-0.3, -0.25) is 0 Å². The minimum atomic E-state index is -4.36. The number of hydrogen-bond donors (Lipinski definition) is 1. The Morgan fingerprint density at radius 1 is 1.28 bits per heavy atom. The summed E-state index contributed by atoms with van der Waals surface area (Å²) in [6.45, 7) is 5.07. The van der Waals surface area contributed by atoms with Crippen LogP contribution in [-0.2, 0) is 16.6 Å². The van der Waals surface area contributed by atoms with E-state index in [1.165, 1.54) is 24.3 Å². The van der Waals surface area contributed by atoms with Crippen LogP contribution in [0.4, 0.5) is 13.6 Å². The van der Waals surface area contributed by atoms with Gasteiger partial charge >= 0.3 is 6.09 Å². The van der Waals surface area contributed by atoms with E-state index in [1.54, 1.807) is 0 Å². The predicted molar refractivity (Wildman–Crippen MR) is 117 cm³/mol. The van der Waals surface area contributed by atoms with Gasteiger partial charge in [0.2, 0.25) is 5.95 Å². The van der Waals surface area contributed by atoms with Crippen LogP contribution in [0, 0.1) is 17.2 Å². The van der Waals surface area contributed by atoms with Gasteiger partial charge in [-0.25, -0.2) is 18.1 Å². The molecule has 0 saturated heterocycles. The Kier molecular flexibility index (Phi) is 6.64. The number of rotatable bonds is 6. The van der Waals surface area contributed by atoms with Gasteiger partial charge in [0, 0.05) is 24.5 Å². The molecule has 0 aromatic carbocycles. The predicted octanol–water partition coefficient (Wildman–Crippen LogP) is 5.31. The molecule has 0 aliphatic carbocycles. The molecule has 3 heterocycles. The minimum absolute atomic E-state index is 0.0663. The maximum Gasteiger partial charge on any atom is 0.407 e. The number of nitrogens with zero attached hydrogens (tertiary/aromatic N) is 3. The van der Waals surface area contributed by atoms with Crippen molar-refractivity contribution in [1.29, 1.82) is 0 Å². The van der Waals surface area contributed by atoms with E-state index in [2.05, 4.69) is 4.98 Å². The maximum absolute atomic E-state index is 15.5. The summed E-state index contributed by atoms with van der Waals surface area (Å²) >= 11 is 6.63. The molecule has 32 heavy (non-hydrogen) atoms. The number of amides is 1. The lowest BCUT2D eigenvalue weighted by atomic mass is 9.96. The Bertz CT molecular complexity index is 1270. The summed E-state index contributed by atoms with van der Waals surface area (Å²) in [5.74, 6) is -2.12. The lowest BCUT2D eigenvalue weighted by Crippen LogP contribution is -2.36. The standard InChI is InChI=1S/C20H20ClF2N3O4S2/c1-20(2,3)11-25(19(27)28)9-12-10-26(32(29,30)15-7-6-14(21)31-15)17(16(12)22)13-5-4-8-24-18(13)23/h4-8,10H,9,11H2,1-3H3,(H,27,28). The first-order chi connectivity index (χ1) is 14.8. The Hall–Kier alpha value is -2.50. The van der Waals surface area contributed by atoms with E-state index in [-0.39, 0.29) is 26.2 Å². The van der Waals surface area contributed by atoms with Gasteiger partial charge < -0.3 is 10.0 Å². The van der Waals surface area contributed by atoms with E-state index in [4.69, 9.17) is 11.6 Å².